The summed E-state index contributed by atoms with van der Waals surface area (Å²) in [6.07, 6.45) is 1.77. The first-order valence-electron chi connectivity index (χ1n) is 6.23. The highest BCUT2D eigenvalue weighted by molar-refractivity contribution is 9.10. The van der Waals surface area contributed by atoms with E-state index in [1.807, 2.05) is 7.05 Å². The van der Waals surface area contributed by atoms with Crippen molar-refractivity contribution in [3.05, 3.63) is 40.5 Å². The van der Waals surface area contributed by atoms with Gasteiger partial charge in [-0.3, -0.25) is 0 Å². The average molecular weight is 320 g/mol. The second-order valence-electron chi connectivity index (χ2n) is 5.47. The van der Waals surface area contributed by atoms with Crippen LogP contribution in [0.3, 0.4) is 0 Å². The molecule has 0 radical (unpaired) electrons. The Morgan fingerprint density at radius 1 is 1.11 bits per heavy atom. The van der Waals surface area contributed by atoms with Gasteiger partial charge in [-0.25, -0.2) is 9.97 Å². The standard InChI is InChI=1S/C15H18BrN3/c1-15(2,3)11-7-5-10(6-8-11)13-18-9-12(16)14(17-4)19-13/h5-9H,1-4H3,(H,17,18,19). The van der Waals surface area contributed by atoms with Crippen LogP contribution in [-0.4, -0.2) is 17.0 Å². The number of hydrogen-bond acceptors (Lipinski definition) is 3. The third kappa shape index (κ3) is 3.13. The van der Waals surface area contributed by atoms with Crippen molar-refractivity contribution in [1.82, 2.24) is 9.97 Å². The van der Waals surface area contributed by atoms with Gasteiger partial charge < -0.3 is 5.32 Å². The fourth-order valence-corrected chi connectivity index (χ4v) is 2.19. The Balaban J connectivity index is 2.37. The molecule has 100 valence electrons. The molecule has 4 heteroatoms. The normalized spacial score (nSPS) is 11.4. The monoisotopic (exact) mass is 319 g/mol. The maximum atomic E-state index is 4.48. The summed E-state index contributed by atoms with van der Waals surface area (Å²) in [7, 11) is 1.85. The van der Waals surface area contributed by atoms with Crippen molar-refractivity contribution in [3.8, 4) is 11.4 Å². The molecule has 1 heterocycles. The van der Waals surface area contributed by atoms with Crippen LogP contribution in [0.4, 0.5) is 5.82 Å². The van der Waals surface area contributed by atoms with Crippen LogP contribution in [0, 0.1) is 0 Å². The summed E-state index contributed by atoms with van der Waals surface area (Å²) in [5.41, 5.74) is 2.49. The fraction of sp³-hybridized carbons (Fsp3) is 0.333. The highest BCUT2D eigenvalue weighted by atomic mass is 79.9. The zero-order valence-electron chi connectivity index (χ0n) is 11.7. The lowest BCUT2D eigenvalue weighted by Gasteiger charge is -2.19. The molecular formula is C15H18BrN3. The van der Waals surface area contributed by atoms with Crippen LogP contribution in [-0.2, 0) is 5.41 Å². The summed E-state index contributed by atoms with van der Waals surface area (Å²) in [5.74, 6) is 1.53. The van der Waals surface area contributed by atoms with Crippen LogP contribution in [0.15, 0.2) is 34.9 Å². The van der Waals surface area contributed by atoms with Crippen LogP contribution in [0.5, 0.6) is 0 Å². The van der Waals surface area contributed by atoms with Gasteiger partial charge in [-0.05, 0) is 26.9 Å². The number of rotatable bonds is 2. The van der Waals surface area contributed by atoms with Crippen LogP contribution in [0.1, 0.15) is 26.3 Å². The number of anilines is 1. The molecular weight excluding hydrogens is 302 g/mol. The van der Waals surface area contributed by atoms with Crippen molar-refractivity contribution in [3.63, 3.8) is 0 Å². The third-order valence-corrected chi connectivity index (χ3v) is 3.57. The van der Waals surface area contributed by atoms with Crippen molar-refractivity contribution in [2.45, 2.75) is 26.2 Å². The SMILES string of the molecule is CNc1nc(-c2ccc(C(C)(C)C)cc2)ncc1Br. The summed E-state index contributed by atoms with van der Waals surface area (Å²) in [6.45, 7) is 6.62. The second kappa shape index (κ2) is 5.29. The molecule has 0 atom stereocenters. The Hall–Kier alpha value is -1.42. The average Bonchev–Trinajstić information content (AvgIpc) is 2.38. The predicted octanol–water partition coefficient (Wildman–Crippen LogP) is 4.25. The van der Waals surface area contributed by atoms with Crippen molar-refractivity contribution < 1.29 is 0 Å². The Morgan fingerprint density at radius 3 is 2.26 bits per heavy atom. The van der Waals surface area contributed by atoms with E-state index in [1.54, 1.807) is 6.20 Å². The first kappa shape index (κ1) is 14.0. The van der Waals surface area contributed by atoms with Crippen LogP contribution < -0.4 is 5.32 Å². The topological polar surface area (TPSA) is 37.8 Å². The smallest absolute Gasteiger partial charge is 0.161 e. The minimum absolute atomic E-state index is 0.162. The highest BCUT2D eigenvalue weighted by Crippen LogP contribution is 2.26. The predicted molar refractivity (Wildman–Crippen MR) is 83.4 cm³/mol. The molecule has 0 aliphatic heterocycles. The lowest BCUT2D eigenvalue weighted by atomic mass is 9.87. The van der Waals surface area contributed by atoms with Crippen molar-refractivity contribution in [2.75, 3.05) is 12.4 Å². The largest absolute Gasteiger partial charge is 0.372 e. The first-order chi connectivity index (χ1) is 8.91. The van der Waals surface area contributed by atoms with E-state index in [0.717, 1.165) is 21.7 Å². The van der Waals surface area contributed by atoms with Crippen molar-refractivity contribution in [2.24, 2.45) is 0 Å². The van der Waals surface area contributed by atoms with Crippen LogP contribution in [0.25, 0.3) is 11.4 Å². The Labute approximate surface area is 122 Å². The van der Waals surface area contributed by atoms with Gasteiger partial charge in [0.2, 0.25) is 0 Å². The molecule has 19 heavy (non-hydrogen) atoms. The van der Waals surface area contributed by atoms with E-state index in [0.29, 0.717) is 0 Å². The molecule has 1 N–H and O–H groups in total. The van der Waals surface area contributed by atoms with Gasteiger partial charge in [-0.2, -0.15) is 0 Å². The molecule has 0 saturated heterocycles. The van der Waals surface area contributed by atoms with E-state index >= 15 is 0 Å². The Kier molecular flexibility index (Phi) is 3.90. The molecule has 0 bridgehead atoms. The van der Waals surface area contributed by atoms with Gasteiger partial charge >= 0.3 is 0 Å². The Bertz CT molecular complexity index is 571. The van der Waals surface area contributed by atoms with Gasteiger partial charge in [-0.1, -0.05) is 45.0 Å². The number of nitrogens with one attached hydrogen (secondary N) is 1. The number of benzene rings is 1. The summed E-state index contributed by atoms with van der Waals surface area (Å²) in [5, 5.41) is 3.04. The molecule has 0 fully saturated rings. The lowest BCUT2D eigenvalue weighted by molar-refractivity contribution is 0.590. The zero-order valence-corrected chi connectivity index (χ0v) is 13.2. The molecule has 2 rings (SSSR count). The minimum Gasteiger partial charge on any atom is -0.372 e. The number of nitrogens with zero attached hydrogens (tertiary/aromatic N) is 2. The molecule has 0 saturated carbocycles. The fourth-order valence-electron chi connectivity index (χ4n) is 1.80. The lowest BCUT2D eigenvalue weighted by Crippen LogP contribution is -2.10. The van der Waals surface area contributed by atoms with Gasteiger partial charge in [0.15, 0.2) is 5.82 Å². The van der Waals surface area contributed by atoms with E-state index in [1.165, 1.54) is 5.56 Å². The second-order valence-corrected chi connectivity index (χ2v) is 6.32. The number of aromatic nitrogens is 2. The van der Waals surface area contributed by atoms with E-state index < -0.39 is 0 Å². The highest BCUT2D eigenvalue weighted by Gasteiger charge is 2.13. The number of hydrogen-bond donors (Lipinski definition) is 1. The van der Waals surface area contributed by atoms with Crippen molar-refractivity contribution >= 4 is 21.7 Å². The van der Waals surface area contributed by atoms with E-state index in [9.17, 15) is 0 Å². The molecule has 3 nitrogen and oxygen atoms in total. The molecule has 0 spiro atoms. The van der Waals surface area contributed by atoms with Gasteiger partial charge in [0.1, 0.15) is 5.82 Å². The first-order valence-corrected chi connectivity index (χ1v) is 7.02. The number of halogens is 1. The van der Waals surface area contributed by atoms with Gasteiger partial charge in [-0.15, -0.1) is 0 Å². The van der Waals surface area contributed by atoms with E-state index in [2.05, 4.69) is 76.3 Å². The summed E-state index contributed by atoms with van der Waals surface area (Å²) in [4.78, 5) is 8.83. The van der Waals surface area contributed by atoms with Crippen LogP contribution in [0.2, 0.25) is 0 Å². The summed E-state index contributed by atoms with van der Waals surface area (Å²) in [6, 6.07) is 8.42. The Morgan fingerprint density at radius 2 is 1.74 bits per heavy atom. The molecule has 0 aliphatic rings. The maximum absolute atomic E-state index is 4.48. The molecule has 1 aromatic heterocycles. The molecule has 0 aliphatic carbocycles. The van der Waals surface area contributed by atoms with E-state index in [4.69, 9.17) is 0 Å². The third-order valence-electron chi connectivity index (χ3n) is 2.99. The van der Waals surface area contributed by atoms with Gasteiger partial charge in [0.05, 0.1) is 4.47 Å². The molecule has 1 aromatic carbocycles. The summed E-state index contributed by atoms with van der Waals surface area (Å²) >= 11 is 3.41. The maximum Gasteiger partial charge on any atom is 0.161 e. The van der Waals surface area contributed by atoms with E-state index in [-0.39, 0.29) is 5.41 Å². The zero-order chi connectivity index (χ0) is 14.0. The van der Waals surface area contributed by atoms with Crippen LogP contribution >= 0.6 is 15.9 Å². The molecule has 0 unspecified atom stereocenters. The van der Waals surface area contributed by atoms with Gasteiger partial charge in [0, 0.05) is 18.8 Å². The summed E-state index contributed by atoms with van der Waals surface area (Å²) < 4.78 is 0.866. The molecule has 2 aromatic rings. The molecule has 0 amide bonds. The van der Waals surface area contributed by atoms with Crippen molar-refractivity contribution in [1.29, 1.82) is 0 Å². The quantitative estimate of drug-likeness (QED) is 0.899. The van der Waals surface area contributed by atoms with Gasteiger partial charge in [0.25, 0.3) is 0 Å². The minimum atomic E-state index is 0.162.